The Morgan fingerprint density at radius 2 is 2.33 bits per heavy atom. The molecule has 2 aliphatic heterocycles. The van der Waals surface area contributed by atoms with E-state index in [0.717, 1.165) is 18.5 Å². The highest BCUT2D eigenvalue weighted by Gasteiger charge is 2.38. The normalized spacial score (nSPS) is 29.6. The molecular formula is C16H21FN2O2. The van der Waals surface area contributed by atoms with Gasteiger partial charge in [0.15, 0.2) is 0 Å². The van der Waals surface area contributed by atoms with Crippen molar-refractivity contribution in [3.8, 4) is 0 Å². The van der Waals surface area contributed by atoms with Crippen molar-refractivity contribution in [3.05, 3.63) is 35.6 Å². The number of benzene rings is 1. The number of nitrogens with zero attached hydrogens (tertiary/aromatic N) is 1. The van der Waals surface area contributed by atoms with Crippen LogP contribution in [0.4, 0.5) is 4.39 Å². The van der Waals surface area contributed by atoms with Gasteiger partial charge in [0.25, 0.3) is 5.91 Å². The summed E-state index contributed by atoms with van der Waals surface area (Å²) in [4.78, 5) is 14.5. The Balaban J connectivity index is 1.80. The van der Waals surface area contributed by atoms with E-state index in [1.165, 1.54) is 12.1 Å². The first kappa shape index (κ1) is 14.5. The molecule has 21 heavy (non-hydrogen) atoms. The summed E-state index contributed by atoms with van der Waals surface area (Å²) in [5.74, 6) is 0.176. The van der Waals surface area contributed by atoms with Crippen molar-refractivity contribution in [1.29, 1.82) is 0 Å². The molecule has 0 aromatic heterocycles. The molecule has 2 fully saturated rings. The molecule has 1 amide bonds. The van der Waals surface area contributed by atoms with Crippen molar-refractivity contribution in [2.75, 3.05) is 26.2 Å². The Morgan fingerprint density at radius 3 is 3.05 bits per heavy atom. The molecule has 0 bridgehead atoms. The lowest BCUT2D eigenvalue weighted by Gasteiger charge is -2.31. The standard InChI is InChI=1S/C16H21FN2O2/c1-11-7-14(12-3-2-4-13(17)8-12)19(10-11)16(20)15-9-18-5-6-21-15/h2-4,8,11,14-15,18H,5-7,9-10H2,1H3/t11-,14-,15+/m1/s1. The molecule has 2 saturated heterocycles. The van der Waals surface area contributed by atoms with Crippen LogP contribution in [0.25, 0.3) is 0 Å². The van der Waals surface area contributed by atoms with Gasteiger partial charge in [-0.15, -0.1) is 0 Å². The van der Waals surface area contributed by atoms with E-state index in [-0.39, 0.29) is 17.8 Å². The molecule has 3 atom stereocenters. The van der Waals surface area contributed by atoms with Crippen LogP contribution in [-0.2, 0) is 9.53 Å². The van der Waals surface area contributed by atoms with Gasteiger partial charge in [-0.3, -0.25) is 4.79 Å². The number of morpholine rings is 1. The van der Waals surface area contributed by atoms with E-state index in [4.69, 9.17) is 4.74 Å². The van der Waals surface area contributed by atoms with E-state index < -0.39 is 6.10 Å². The minimum atomic E-state index is -0.417. The molecule has 5 heteroatoms. The zero-order chi connectivity index (χ0) is 14.8. The number of carbonyl (C=O) groups is 1. The number of carbonyl (C=O) groups excluding carboxylic acids is 1. The van der Waals surface area contributed by atoms with E-state index >= 15 is 0 Å². The smallest absolute Gasteiger partial charge is 0.253 e. The van der Waals surface area contributed by atoms with Gasteiger partial charge in [0.2, 0.25) is 0 Å². The summed E-state index contributed by atoms with van der Waals surface area (Å²) in [5.41, 5.74) is 0.872. The van der Waals surface area contributed by atoms with E-state index in [0.29, 0.717) is 25.6 Å². The predicted molar refractivity (Wildman–Crippen MR) is 77.2 cm³/mol. The highest BCUT2D eigenvalue weighted by atomic mass is 19.1. The largest absolute Gasteiger partial charge is 0.366 e. The number of halogens is 1. The lowest BCUT2D eigenvalue weighted by Crippen LogP contribution is -2.49. The van der Waals surface area contributed by atoms with Crippen LogP contribution in [0.2, 0.25) is 0 Å². The monoisotopic (exact) mass is 292 g/mol. The van der Waals surface area contributed by atoms with Crippen molar-refractivity contribution < 1.29 is 13.9 Å². The molecule has 1 aromatic rings. The van der Waals surface area contributed by atoms with Crippen LogP contribution >= 0.6 is 0 Å². The summed E-state index contributed by atoms with van der Waals surface area (Å²) in [6.45, 7) is 4.73. The van der Waals surface area contributed by atoms with Crippen molar-refractivity contribution in [2.24, 2.45) is 5.92 Å². The van der Waals surface area contributed by atoms with Gasteiger partial charge in [-0.25, -0.2) is 4.39 Å². The first-order valence-electron chi connectivity index (χ1n) is 7.53. The van der Waals surface area contributed by atoms with Gasteiger partial charge in [-0.1, -0.05) is 19.1 Å². The zero-order valence-corrected chi connectivity index (χ0v) is 12.2. The molecule has 1 N–H and O–H groups in total. The fourth-order valence-electron chi connectivity index (χ4n) is 3.23. The van der Waals surface area contributed by atoms with Crippen LogP contribution in [0, 0.1) is 11.7 Å². The molecule has 1 aromatic carbocycles. The van der Waals surface area contributed by atoms with Gasteiger partial charge < -0.3 is 15.0 Å². The van der Waals surface area contributed by atoms with Gasteiger partial charge >= 0.3 is 0 Å². The number of hydrogen-bond donors (Lipinski definition) is 1. The zero-order valence-electron chi connectivity index (χ0n) is 12.2. The third-order valence-corrected chi connectivity index (χ3v) is 4.23. The molecule has 2 heterocycles. The second-order valence-electron chi connectivity index (χ2n) is 5.97. The highest BCUT2D eigenvalue weighted by Crippen LogP contribution is 2.36. The summed E-state index contributed by atoms with van der Waals surface area (Å²) in [7, 11) is 0. The van der Waals surface area contributed by atoms with E-state index in [2.05, 4.69) is 12.2 Å². The van der Waals surface area contributed by atoms with Gasteiger partial charge in [-0.2, -0.15) is 0 Å². The Kier molecular flexibility index (Phi) is 4.22. The maximum Gasteiger partial charge on any atom is 0.253 e. The fraction of sp³-hybridized carbons (Fsp3) is 0.562. The van der Waals surface area contributed by atoms with E-state index in [9.17, 15) is 9.18 Å². The topological polar surface area (TPSA) is 41.6 Å². The van der Waals surface area contributed by atoms with E-state index in [1.807, 2.05) is 11.0 Å². The number of nitrogens with one attached hydrogen (secondary N) is 1. The summed E-state index contributed by atoms with van der Waals surface area (Å²) in [6.07, 6.45) is 0.454. The first-order chi connectivity index (χ1) is 10.1. The Labute approximate surface area is 124 Å². The molecule has 4 nitrogen and oxygen atoms in total. The van der Waals surface area contributed by atoms with Gasteiger partial charge in [-0.05, 0) is 30.0 Å². The minimum Gasteiger partial charge on any atom is -0.366 e. The first-order valence-corrected chi connectivity index (χ1v) is 7.53. The summed E-state index contributed by atoms with van der Waals surface area (Å²) < 4.78 is 19.0. The van der Waals surface area contributed by atoms with Crippen molar-refractivity contribution >= 4 is 5.91 Å². The average molecular weight is 292 g/mol. The summed E-state index contributed by atoms with van der Waals surface area (Å²) >= 11 is 0. The lowest BCUT2D eigenvalue weighted by molar-refractivity contribution is -0.146. The molecule has 0 unspecified atom stereocenters. The Hall–Kier alpha value is -1.46. The summed E-state index contributed by atoms with van der Waals surface area (Å²) in [6, 6.07) is 6.51. The Bertz CT molecular complexity index is 517. The van der Waals surface area contributed by atoms with Gasteiger partial charge in [0.05, 0.1) is 12.6 Å². The molecule has 0 aliphatic carbocycles. The van der Waals surface area contributed by atoms with Crippen LogP contribution in [-0.4, -0.2) is 43.2 Å². The number of ether oxygens (including phenoxy) is 1. The lowest BCUT2D eigenvalue weighted by atomic mass is 10.0. The third-order valence-electron chi connectivity index (χ3n) is 4.23. The molecule has 0 radical (unpaired) electrons. The van der Waals surface area contributed by atoms with Gasteiger partial charge in [0.1, 0.15) is 11.9 Å². The average Bonchev–Trinajstić information content (AvgIpc) is 2.89. The minimum absolute atomic E-state index is 0.0146. The molecule has 2 aliphatic rings. The van der Waals surface area contributed by atoms with Crippen molar-refractivity contribution in [3.63, 3.8) is 0 Å². The van der Waals surface area contributed by atoms with Crippen LogP contribution in [0.5, 0.6) is 0 Å². The van der Waals surface area contributed by atoms with Gasteiger partial charge in [0, 0.05) is 19.6 Å². The molecule has 0 spiro atoms. The van der Waals surface area contributed by atoms with Crippen molar-refractivity contribution in [2.45, 2.75) is 25.5 Å². The van der Waals surface area contributed by atoms with Crippen LogP contribution in [0.1, 0.15) is 24.9 Å². The number of hydrogen-bond acceptors (Lipinski definition) is 3. The molecular weight excluding hydrogens is 271 g/mol. The maximum absolute atomic E-state index is 13.5. The highest BCUT2D eigenvalue weighted by molar-refractivity contribution is 5.82. The number of rotatable bonds is 2. The SMILES string of the molecule is C[C@@H]1C[C@H](c2cccc(F)c2)N(C(=O)[C@@H]2CNCCO2)C1. The molecule has 3 rings (SSSR count). The predicted octanol–water partition coefficient (Wildman–Crippen LogP) is 1.72. The maximum atomic E-state index is 13.5. The molecule has 114 valence electrons. The second-order valence-corrected chi connectivity index (χ2v) is 5.97. The van der Waals surface area contributed by atoms with E-state index in [1.54, 1.807) is 6.07 Å². The summed E-state index contributed by atoms with van der Waals surface area (Å²) in [5, 5.41) is 3.18. The number of likely N-dealkylation sites (tertiary alicyclic amines) is 1. The number of amides is 1. The molecule has 0 saturated carbocycles. The van der Waals surface area contributed by atoms with Crippen molar-refractivity contribution in [1.82, 2.24) is 10.2 Å². The van der Waals surface area contributed by atoms with Crippen LogP contribution in [0.3, 0.4) is 0 Å². The van der Waals surface area contributed by atoms with Crippen LogP contribution < -0.4 is 5.32 Å². The Morgan fingerprint density at radius 1 is 1.48 bits per heavy atom. The quantitative estimate of drug-likeness (QED) is 0.902. The fourth-order valence-corrected chi connectivity index (χ4v) is 3.23. The van der Waals surface area contributed by atoms with Crippen LogP contribution in [0.15, 0.2) is 24.3 Å². The second kappa shape index (κ2) is 6.12. The third kappa shape index (κ3) is 3.09.